The van der Waals surface area contributed by atoms with Gasteiger partial charge in [-0.15, -0.1) is 0 Å². The molecule has 0 amide bonds. The molecule has 2 aromatic carbocycles. The highest BCUT2D eigenvalue weighted by molar-refractivity contribution is 6.00. The maximum absolute atomic E-state index is 15.1. The molecule has 0 spiro atoms. The Labute approximate surface area is 297 Å². The van der Waals surface area contributed by atoms with Gasteiger partial charge in [-0.2, -0.15) is 19.0 Å². The van der Waals surface area contributed by atoms with Crippen LogP contribution in [0.2, 0.25) is 0 Å². The standard InChI is InChI=1S/C37H32F8N6O2/c1-35(2,53)10-9-23-7-8-25(26-5-4-6-27-31(26)50(3)49-34(27)46)29(47-23)20(13-19-14-21(38)17-22(39)15-19)16-24(52)18-51-32-28(30(48-51)33(40)41)36(42,43)11-12-37(32,44)45/h4-8,14-15,17,20,33,53H,11-13,16,18H2,1-3H3,(H2,46,49)/t20-/m1/s1. The van der Waals surface area contributed by atoms with E-state index in [2.05, 4.69) is 22.0 Å². The zero-order valence-corrected chi connectivity index (χ0v) is 28.5. The van der Waals surface area contributed by atoms with Crippen LogP contribution in [-0.2, 0) is 36.7 Å². The number of nitrogens with two attached hydrogens (primary N) is 1. The third-order valence-corrected chi connectivity index (χ3v) is 8.85. The monoisotopic (exact) mass is 744 g/mol. The number of aryl methyl sites for hydroxylation is 1. The Kier molecular flexibility index (Phi) is 9.61. The predicted octanol–water partition coefficient (Wildman–Crippen LogP) is 7.72. The zero-order valence-electron chi connectivity index (χ0n) is 28.5. The molecule has 3 aromatic heterocycles. The van der Waals surface area contributed by atoms with E-state index in [1.54, 1.807) is 37.4 Å². The molecule has 278 valence electrons. The molecule has 0 fully saturated rings. The number of nitrogens with zero attached hydrogens (tertiary/aromatic N) is 5. The summed E-state index contributed by atoms with van der Waals surface area (Å²) in [5.41, 5.74) is 1.89. The van der Waals surface area contributed by atoms with Crippen molar-refractivity contribution in [3.05, 3.63) is 94.1 Å². The lowest BCUT2D eigenvalue weighted by Crippen LogP contribution is -2.33. The molecule has 1 aliphatic carbocycles. The number of rotatable bonds is 9. The van der Waals surface area contributed by atoms with Gasteiger partial charge in [0.25, 0.3) is 18.3 Å². The Bertz CT molecular complexity index is 2280. The molecule has 0 saturated heterocycles. The normalized spacial score (nSPS) is 15.6. The number of aliphatic hydroxyl groups is 1. The molecule has 1 atom stereocenters. The molecular formula is C37H32F8N6O2. The van der Waals surface area contributed by atoms with Gasteiger partial charge < -0.3 is 10.8 Å². The fourth-order valence-electron chi connectivity index (χ4n) is 6.70. The first-order valence-corrected chi connectivity index (χ1v) is 16.3. The number of ketones is 1. The first-order chi connectivity index (χ1) is 24.7. The van der Waals surface area contributed by atoms with Gasteiger partial charge in [-0.05, 0) is 62.1 Å². The minimum Gasteiger partial charge on any atom is -0.382 e. The highest BCUT2D eigenvalue weighted by Gasteiger charge is 2.55. The van der Waals surface area contributed by atoms with E-state index in [4.69, 9.17) is 10.7 Å². The van der Waals surface area contributed by atoms with Gasteiger partial charge in [0.2, 0.25) is 0 Å². The number of alkyl halides is 6. The molecule has 0 unspecified atom stereocenters. The Morgan fingerprint density at radius 2 is 1.66 bits per heavy atom. The number of carbonyl (C=O) groups is 1. The van der Waals surface area contributed by atoms with Crippen LogP contribution in [0.25, 0.3) is 22.0 Å². The van der Waals surface area contributed by atoms with Crippen molar-refractivity contribution in [3.63, 3.8) is 0 Å². The number of benzene rings is 2. The van der Waals surface area contributed by atoms with E-state index in [0.717, 1.165) is 12.1 Å². The Morgan fingerprint density at radius 3 is 2.32 bits per heavy atom. The maximum atomic E-state index is 15.1. The number of para-hydroxylation sites is 1. The molecule has 3 N–H and O–H groups in total. The van der Waals surface area contributed by atoms with Gasteiger partial charge in [-0.25, -0.2) is 31.3 Å². The second-order valence-corrected chi connectivity index (χ2v) is 13.5. The molecule has 0 saturated carbocycles. The number of hydrogen-bond donors (Lipinski definition) is 2. The van der Waals surface area contributed by atoms with Gasteiger partial charge in [0.05, 0.1) is 16.8 Å². The number of Topliss-reactive ketones (excluding diaryl/α,β-unsaturated/α-hetero) is 1. The largest absolute Gasteiger partial charge is 0.382 e. The van der Waals surface area contributed by atoms with Crippen molar-refractivity contribution < 1.29 is 45.0 Å². The summed E-state index contributed by atoms with van der Waals surface area (Å²) in [4.78, 5) is 18.6. The lowest BCUT2D eigenvalue weighted by molar-refractivity contribution is -0.121. The molecule has 0 radical (unpaired) electrons. The second kappa shape index (κ2) is 13.6. The van der Waals surface area contributed by atoms with E-state index in [0.29, 0.717) is 28.1 Å². The van der Waals surface area contributed by atoms with Gasteiger partial charge in [0.15, 0.2) is 11.6 Å². The van der Waals surface area contributed by atoms with Crippen molar-refractivity contribution in [1.82, 2.24) is 24.5 Å². The number of aromatic nitrogens is 5. The van der Waals surface area contributed by atoms with Crippen LogP contribution in [-0.4, -0.2) is 41.0 Å². The van der Waals surface area contributed by atoms with Gasteiger partial charge in [-0.3, -0.25) is 14.2 Å². The summed E-state index contributed by atoms with van der Waals surface area (Å²) in [6, 6.07) is 11.0. The summed E-state index contributed by atoms with van der Waals surface area (Å²) in [5.74, 6) is -6.31. The molecule has 1 aliphatic rings. The number of anilines is 1. The fraction of sp³-hybridized carbons (Fsp3) is 0.351. The molecule has 8 nitrogen and oxygen atoms in total. The van der Waals surface area contributed by atoms with Crippen LogP contribution in [0.1, 0.15) is 79.4 Å². The molecular weight excluding hydrogens is 712 g/mol. The Hall–Kier alpha value is -5.30. The maximum Gasteiger partial charge on any atom is 0.290 e. The van der Waals surface area contributed by atoms with Gasteiger partial charge in [-0.1, -0.05) is 18.1 Å². The van der Waals surface area contributed by atoms with E-state index >= 15 is 8.78 Å². The number of nitrogen functional groups attached to an aromatic ring is 1. The first-order valence-electron chi connectivity index (χ1n) is 16.3. The molecule has 16 heteroatoms. The van der Waals surface area contributed by atoms with Crippen LogP contribution < -0.4 is 5.73 Å². The topological polar surface area (TPSA) is 112 Å². The SMILES string of the molecule is Cn1nc(N)c2cccc(-c3ccc(C#CC(C)(C)O)nc3[C@@H](CC(=O)Cn3nc(C(F)F)c4c3C(F)(F)CCC4(F)F)Cc3cc(F)cc(F)c3)c21. The predicted molar refractivity (Wildman–Crippen MR) is 178 cm³/mol. The van der Waals surface area contributed by atoms with Crippen LogP contribution in [0, 0.1) is 23.5 Å². The number of hydrogen-bond acceptors (Lipinski definition) is 6. The summed E-state index contributed by atoms with van der Waals surface area (Å²) in [6.07, 6.45) is -7.27. The summed E-state index contributed by atoms with van der Waals surface area (Å²) < 4.78 is 118. The van der Waals surface area contributed by atoms with E-state index in [9.17, 15) is 36.2 Å². The summed E-state index contributed by atoms with van der Waals surface area (Å²) in [5, 5.41) is 18.5. The van der Waals surface area contributed by atoms with E-state index < -0.39 is 90.0 Å². The van der Waals surface area contributed by atoms with E-state index in [-0.39, 0.29) is 33.9 Å². The van der Waals surface area contributed by atoms with Crippen LogP contribution in [0.3, 0.4) is 0 Å². The average molecular weight is 745 g/mol. The molecule has 5 aromatic rings. The Balaban J connectivity index is 1.51. The van der Waals surface area contributed by atoms with Gasteiger partial charge >= 0.3 is 0 Å². The van der Waals surface area contributed by atoms with Crippen LogP contribution in [0.4, 0.5) is 40.9 Å². The second-order valence-electron chi connectivity index (χ2n) is 13.5. The van der Waals surface area contributed by atoms with Crippen LogP contribution in [0.15, 0.2) is 48.5 Å². The van der Waals surface area contributed by atoms with Crippen molar-refractivity contribution in [3.8, 4) is 23.0 Å². The number of pyridine rings is 1. The quantitative estimate of drug-likeness (QED) is 0.118. The summed E-state index contributed by atoms with van der Waals surface area (Å²) >= 11 is 0. The highest BCUT2D eigenvalue weighted by atomic mass is 19.3. The average Bonchev–Trinajstić information content (AvgIpc) is 3.59. The first kappa shape index (κ1) is 37.5. The van der Waals surface area contributed by atoms with Gasteiger partial charge in [0, 0.05) is 54.8 Å². The lowest BCUT2D eigenvalue weighted by Gasteiger charge is -2.29. The van der Waals surface area contributed by atoms with E-state index in [1.807, 2.05) is 0 Å². The molecule has 3 heterocycles. The number of carbonyl (C=O) groups excluding carboxylic acids is 1. The third-order valence-electron chi connectivity index (χ3n) is 8.85. The number of halogens is 8. The molecule has 0 bridgehead atoms. The highest BCUT2D eigenvalue weighted by Crippen LogP contribution is 2.52. The smallest absolute Gasteiger partial charge is 0.290 e. The fourth-order valence-corrected chi connectivity index (χ4v) is 6.70. The third kappa shape index (κ3) is 7.61. The van der Waals surface area contributed by atoms with E-state index in [1.165, 1.54) is 18.5 Å². The molecule has 6 rings (SSSR count). The summed E-state index contributed by atoms with van der Waals surface area (Å²) in [7, 11) is 1.65. The van der Waals surface area contributed by atoms with Crippen molar-refractivity contribution in [2.45, 2.75) is 75.9 Å². The van der Waals surface area contributed by atoms with Crippen LogP contribution >= 0.6 is 0 Å². The molecule has 0 aliphatic heterocycles. The van der Waals surface area contributed by atoms with Crippen molar-refractivity contribution in [2.75, 3.05) is 5.73 Å². The van der Waals surface area contributed by atoms with Gasteiger partial charge in [0.1, 0.15) is 40.9 Å². The minimum atomic E-state index is -4.05. The van der Waals surface area contributed by atoms with Crippen molar-refractivity contribution in [2.24, 2.45) is 7.05 Å². The number of fused-ring (bicyclic) bond motifs is 2. The molecule has 53 heavy (non-hydrogen) atoms. The van der Waals surface area contributed by atoms with Crippen LogP contribution in [0.5, 0.6) is 0 Å². The van der Waals surface area contributed by atoms with Crippen molar-refractivity contribution in [1.29, 1.82) is 0 Å². The lowest BCUT2D eigenvalue weighted by atomic mass is 9.86. The summed E-state index contributed by atoms with van der Waals surface area (Å²) in [6.45, 7) is 1.78. The zero-order chi connectivity index (χ0) is 38.6. The minimum absolute atomic E-state index is 0.0756. The van der Waals surface area contributed by atoms with Crippen molar-refractivity contribution >= 4 is 22.5 Å². The Morgan fingerprint density at radius 1 is 0.981 bits per heavy atom.